The number of benzene rings is 1. The maximum Gasteiger partial charge on any atom is 0.336 e. The maximum absolute atomic E-state index is 13.0. The molecule has 0 aliphatic carbocycles. The summed E-state index contributed by atoms with van der Waals surface area (Å²) in [5, 5.41) is 23.6. The first-order valence-corrected chi connectivity index (χ1v) is 10.2. The highest BCUT2D eigenvalue weighted by atomic mass is 16.9. The minimum atomic E-state index is -1.02. The number of carbonyl (C=O) groups excluding carboxylic acids is 2. The molecule has 0 unspecified atom stereocenters. The number of methoxy groups -OCH3 is 1. The standard InChI is InChI=1S/C21H25N3O10/c1-13-17(20(25)32-8-5-9-34-24(29)30)19(15-6-4-7-16(12-15)23(27)28)18(14(2)22-13)21(26)33-11-10-31-3/h4,6-7,12,19,22H,5,8-11H2,1-3H3/t19-/m1/s1. The van der Waals surface area contributed by atoms with Gasteiger partial charge in [0.15, 0.2) is 0 Å². The number of nitrogens with one attached hydrogen (secondary N) is 1. The van der Waals surface area contributed by atoms with Crippen LogP contribution in [0.15, 0.2) is 46.8 Å². The molecule has 13 heteroatoms. The summed E-state index contributed by atoms with van der Waals surface area (Å²) in [4.78, 5) is 51.2. The van der Waals surface area contributed by atoms with Gasteiger partial charge in [0.25, 0.3) is 10.8 Å². The molecule has 0 saturated heterocycles. The van der Waals surface area contributed by atoms with Gasteiger partial charge >= 0.3 is 11.9 Å². The van der Waals surface area contributed by atoms with Crippen molar-refractivity contribution in [2.45, 2.75) is 26.2 Å². The van der Waals surface area contributed by atoms with Crippen molar-refractivity contribution in [2.75, 3.05) is 33.5 Å². The number of nitrogens with zero attached hydrogens (tertiary/aromatic N) is 2. The summed E-state index contributed by atoms with van der Waals surface area (Å²) in [5.74, 6) is -2.54. The minimum Gasteiger partial charge on any atom is -0.462 e. The van der Waals surface area contributed by atoms with Crippen LogP contribution in [0.25, 0.3) is 0 Å². The van der Waals surface area contributed by atoms with Crippen molar-refractivity contribution in [2.24, 2.45) is 0 Å². The van der Waals surface area contributed by atoms with Gasteiger partial charge in [-0.25, -0.2) is 9.59 Å². The van der Waals surface area contributed by atoms with E-state index in [1.807, 2.05) is 0 Å². The first-order chi connectivity index (χ1) is 16.2. The molecule has 0 bridgehead atoms. The van der Waals surface area contributed by atoms with E-state index in [0.29, 0.717) is 17.0 Å². The summed E-state index contributed by atoms with van der Waals surface area (Å²) >= 11 is 0. The van der Waals surface area contributed by atoms with E-state index in [1.54, 1.807) is 19.9 Å². The molecule has 184 valence electrons. The highest BCUT2D eigenvalue weighted by Gasteiger charge is 2.38. The fraction of sp³-hybridized carbons (Fsp3) is 0.429. The summed E-state index contributed by atoms with van der Waals surface area (Å²) in [7, 11) is 1.45. The Morgan fingerprint density at radius 1 is 0.971 bits per heavy atom. The Hall–Kier alpha value is -4.00. The van der Waals surface area contributed by atoms with Crippen LogP contribution in [0.4, 0.5) is 5.69 Å². The number of esters is 2. The molecular weight excluding hydrogens is 454 g/mol. The van der Waals surface area contributed by atoms with Gasteiger partial charge in [-0.05, 0) is 19.4 Å². The number of carbonyl (C=O) groups is 2. The van der Waals surface area contributed by atoms with Gasteiger partial charge < -0.3 is 24.4 Å². The normalized spacial score (nSPS) is 15.4. The van der Waals surface area contributed by atoms with Crippen LogP contribution in [0.5, 0.6) is 0 Å². The van der Waals surface area contributed by atoms with Gasteiger partial charge in [-0.3, -0.25) is 10.1 Å². The van der Waals surface area contributed by atoms with Gasteiger partial charge in [-0.1, -0.05) is 12.1 Å². The molecule has 1 aliphatic rings. The molecule has 0 radical (unpaired) electrons. The van der Waals surface area contributed by atoms with Crippen molar-refractivity contribution in [3.63, 3.8) is 0 Å². The molecule has 1 aliphatic heterocycles. The summed E-state index contributed by atoms with van der Waals surface area (Å²) in [5.41, 5.74) is 1.03. The first-order valence-electron chi connectivity index (χ1n) is 10.2. The topological polar surface area (TPSA) is 169 Å². The number of dihydropyridines is 1. The Morgan fingerprint density at radius 2 is 1.59 bits per heavy atom. The molecule has 0 amide bonds. The third kappa shape index (κ3) is 6.75. The van der Waals surface area contributed by atoms with Crippen molar-refractivity contribution >= 4 is 17.6 Å². The quantitative estimate of drug-likeness (QED) is 0.202. The number of allylic oxidation sites excluding steroid dienone is 2. The predicted molar refractivity (Wildman–Crippen MR) is 116 cm³/mol. The number of ether oxygens (including phenoxy) is 3. The average Bonchev–Trinajstić information content (AvgIpc) is 2.78. The fourth-order valence-electron chi connectivity index (χ4n) is 3.42. The lowest BCUT2D eigenvalue weighted by atomic mass is 9.80. The second-order valence-electron chi connectivity index (χ2n) is 7.16. The Morgan fingerprint density at radius 3 is 2.15 bits per heavy atom. The predicted octanol–water partition coefficient (Wildman–Crippen LogP) is 2.16. The van der Waals surface area contributed by atoms with Crippen LogP contribution in [0.3, 0.4) is 0 Å². The molecule has 0 saturated carbocycles. The number of hydrogen-bond acceptors (Lipinski definition) is 11. The molecule has 1 aromatic rings. The largest absolute Gasteiger partial charge is 0.462 e. The van der Waals surface area contributed by atoms with Crippen LogP contribution in [-0.2, 0) is 28.6 Å². The van der Waals surface area contributed by atoms with Crippen LogP contribution >= 0.6 is 0 Å². The van der Waals surface area contributed by atoms with Crippen molar-refractivity contribution in [3.8, 4) is 0 Å². The summed E-state index contributed by atoms with van der Waals surface area (Å²) < 4.78 is 15.4. The Kier molecular flexibility index (Phi) is 9.49. The molecule has 1 atom stereocenters. The van der Waals surface area contributed by atoms with E-state index in [0.717, 1.165) is 0 Å². The van der Waals surface area contributed by atoms with Crippen LogP contribution in [0.2, 0.25) is 0 Å². The first kappa shape index (κ1) is 26.3. The van der Waals surface area contributed by atoms with Gasteiger partial charge in [-0.15, -0.1) is 10.1 Å². The van der Waals surface area contributed by atoms with Crippen LogP contribution in [0.1, 0.15) is 31.7 Å². The smallest absolute Gasteiger partial charge is 0.336 e. The highest BCUT2D eigenvalue weighted by Crippen LogP contribution is 2.40. The molecule has 0 fully saturated rings. The molecule has 0 spiro atoms. The molecule has 34 heavy (non-hydrogen) atoms. The summed E-state index contributed by atoms with van der Waals surface area (Å²) in [6, 6.07) is 5.58. The SMILES string of the molecule is COCCOC(=O)C1=C(C)NC(C)=C(C(=O)OCCCO[N+](=O)[O-])[C@H]1c1cccc([N+](=O)[O-])c1. The van der Waals surface area contributed by atoms with Crippen molar-refractivity contribution in [1.29, 1.82) is 0 Å². The molecule has 2 rings (SSSR count). The lowest BCUT2D eigenvalue weighted by Crippen LogP contribution is -2.33. The Bertz CT molecular complexity index is 1020. The second kappa shape index (κ2) is 12.3. The number of non-ortho nitro benzene ring substituents is 1. The lowest BCUT2D eigenvalue weighted by Gasteiger charge is -2.30. The number of hydrogen-bond donors (Lipinski definition) is 1. The van der Waals surface area contributed by atoms with E-state index in [9.17, 15) is 29.8 Å². The Balaban J connectivity index is 2.41. The van der Waals surface area contributed by atoms with E-state index < -0.39 is 27.9 Å². The Labute approximate surface area is 194 Å². The zero-order valence-corrected chi connectivity index (χ0v) is 18.9. The van der Waals surface area contributed by atoms with Gasteiger partial charge in [0.2, 0.25) is 0 Å². The van der Waals surface area contributed by atoms with E-state index in [1.165, 1.54) is 25.3 Å². The van der Waals surface area contributed by atoms with Crippen LogP contribution < -0.4 is 5.32 Å². The molecule has 1 aromatic carbocycles. The lowest BCUT2D eigenvalue weighted by molar-refractivity contribution is -0.757. The molecule has 0 aromatic heterocycles. The number of nitro benzene ring substituents is 1. The van der Waals surface area contributed by atoms with Crippen molar-refractivity contribution in [1.82, 2.24) is 5.32 Å². The van der Waals surface area contributed by atoms with Gasteiger partial charge in [0, 0.05) is 37.1 Å². The van der Waals surface area contributed by atoms with Crippen molar-refractivity contribution < 1.29 is 38.6 Å². The van der Waals surface area contributed by atoms with Gasteiger partial charge in [0.05, 0.1) is 41.8 Å². The number of rotatable bonds is 12. The van der Waals surface area contributed by atoms with Crippen LogP contribution in [-0.4, -0.2) is 55.5 Å². The van der Waals surface area contributed by atoms with E-state index in [-0.39, 0.29) is 49.7 Å². The van der Waals surface area contributed by atoms with Gasteiger partial charge in [-0.2, -0.15) is 0 Å². The van der Waals surface area contributed by atoms with Crippen molar-refractivity contribution in [3.05, 3.63) is 72.6 Å². The highest BCUT2D eigenvalue weighted by molar-refractivity contribution is 6.00. The molecule has 1 N–H and O–H groups in total. The molecule has 1 heterocycles. The van der Waals surface area contributed by atoms with E-state index in [4.69, 9.17) is 14.2 Å². The van der Waals surface area contributed by atoms with Gasteiger partial charge in [0.1, 0.15) is 6.61 Å². The molecular formula is C21H25N3O10. The maximum atomic E-state index is 13.0. The van der Waals surface area contributed by atoms with E-state index >= 15 is 0 Å². The fourth-order valence-corrected chi connectivity index (χ4v) is 3.42. The summed E-state index contributed by atoms with van der Waals surface area (Å²) in [6.07, 6.45) is 0.0642. The second-order valence-corrected chi connectivity index (χ2v) is 7.16. The zero-order chi connectivity index (χ0) is 25.3. The number of nitro groups is 1. The monoisotopic (exact) mass is 479 g/mol. The van der Waals surface area contributed by atoms with Crippen LogP contribution in [0, 0.1) is 20.2 Å². The third-order valence-corrected chi connectivity index (χ3v) is 4.85. The minimum absolute atomic E-state index is 0.0350. The van der Waals surface area contributed by atoms with E-state index in [2.05, 4.69) is 10.2 Å². The summed E-state index contributed by atoms with van der Waals surface area (Å²) in [6.45, 7) is 2.91. The average molecular weight is 479 g/mol. The zero-order valence-electron chi connectivity index (χ0n) is 18.9. The third-order valence-electron chi connectivity index (χ3n) is 4.85. The molecule has 13 nitrogen and oxygen atoms in total.